The van der Waals surface area contributed by atoms with Gasteiger partial charge in [0.05, 0.1) is 12.2 Å². The molecule has 3 aromatic carbocycles. The molecule has 1 atom stereocenters. The molecule has 156 valence electrons. The zero-order chi connectivity index (χ0) is 21.6. The molecule has 2 aliphatic rings. The van der Waals surface area contributed by atoms with Crippen molar-refractivity contribution in [1.82, 2.24) is 4.90 Å². The van der Waals surface area contributed by atoms with Gasteiger partial charge in [0, 0.05) is 23.4 Å². The first kappa shape index (κ1) is 19.8. The Bertz CT molecular complexity index is 1190. The fraction of sp³-hybridized carbons (Fsp3) is 0.167. The third-order valence-electron chi connectivity index (χ3n) is 5.65. The second-order valence-electron chi connectivity index (χ2n) is 7.50. The summed E-state index contributed by atoms with van der Waals surface area (Å²) in [6.45, 7) is 0.499. The maximum Gasteiger partial charge on any atom is 0.268 e. The van der Waals surface area contributed by atoms with Gasteiger partial charge >= 0.3 is 0 Å². The van der Waals surface area contributed by atoms with Gasteiger partial charge in [-0.25, -0.2) is 8.78 Å². The molecule has 0 unspecified atom stereocenters. The van der Waals surface area contributed by atoms with Gasteiger partial charge in [-0.2, -0.15) is 0 Å². The first-order valence-corrected chi connectivity index (χ1v) is 10.9. The Morgan fingerprint density at radius 1 is 0.968 bits per heavy atom. The maximum atomic E-state index is 14.3. The standard InChI is InChI=1S/C24H18F2N2O2S/c25-18-8-4-5-16(13-18)15-27-21-10-9-19(26)14-20(21)24(23(27)30)28(11-12-31-24)22(29)17-6-2-1-3-7-17/h1-10,13-14H,11-12,15H2/t24-/m0/s1. The summed E-state index contributed by atoms with van der Waals surface area (Å²) in [5, 5.41) is 0. The Kier molecular flexibility index (Phi) is 4.78. The van der Waals surface area contributed by atoms with Gasteiger partial charge in [-0.15, -0.1) is 11.8 Å². The van der Waals surface area contributed by atoms with E-state index in [1.54, 1.807) is 47.4 Å². The molecule has 0 aromatic heterocycles. The van der Waals surface area contributed by atoms with Gasteiger partial charge < -0.3 is 9.80 Å². The summed E-state index contributed by atoms with van der Waals surface area (Å²) in [7, 11) is 0. The van der Waals surface area contributed by atoms with E-state index in [4.69, 9.17) is 0 Å². The summed E-state index contributed by atoms with van der Waals surface area (Å²) in [4.78, 5) is 28.9. The molecule has 2 aliphatic heterocycles. The van der Waals surface area contributed by atoms with E-state index in [2.05, 4.69) is 0 Å². The van der Waals surface area contributed by atoms with E-state index in [0.717, 1.165) is 0 Å². The number of thioether (sulfide) groups is 1. The Balaban J connectivity index is 1.61. The van der Waals surface area contributed by atoms with Gasteiger partial charge in [-0.3, -0.25) is 9.59 Å². The lowest BCUT2D eigenvalue weighted by Gasteiger charge is -2.33. The molecule has 31 heavy (non-hydrogen) atoms. The minimum absolute atomic E-state index is 0.130. The van der Waals surface area contributed by atoms with E-state index < -0.39 is 16.5 Å². The molecular formula is C24H18F2N2O2S. The average Bonchev–Trinajstić information content (AvgIpc) is 3.31. The second-order valence-corrected chi connectivity index (χ2v) is 8.79. The number of carbonyl (C=O) groups is 2. The molecule has 0 radical (unpaired) electrons. The molecule has 1 fully saturated rings. The summed E-state index contributed by atoms with van der Waals surface area (Å²) in [6, 6.07) is 19.0. The van der Waals surface area contributed by atoms with Gasteiger partial charge in [0.15, 0.2) is 4.87 Å². The van der Waals surface area contributed by atoms with Gasteiger partial charge in [0.1, 0.15) is 11.6 Å². The Labute approximate surface area is 182 Å². The normalized spacial score (nSPS) is 19.9. The van der Waals surface area contributed by atoms with Gasteiger partial charge in [0.25, 0.3) is 11.8 Å². The fourth-order valence-corrected chi connectivity index (χ4v) is 5.75. The molecule has 0 N–H and O–H groups in total. The minimum Gasteiger partial charge on any atom is -0.311 e. The number of benzene rings is 3. The van der Waals surface area contributed by atoms with Crippen molar-refractivity contribution >= 4 is 29.3 Å². The van der Waals surface area contributed by atoms with Crippen LogP contribution in [-0.4, -0.2) is 29.0 Å². The van der Waals surface area contributed by atoms with E-state index >= 15 is 0 Å². The summed E-state index contributed by atoms with van der Waals surface area (Å²) in [6.07, 6.45) is 0. The quantitative estimate of drug-likeness (QED) is 0.605. The molecule has 1 saturated heterocycles. The fourth-order valence-electron chi connectivity index (χ4n) is 4.30. The van der Waals surface area contributed by atoms with Crippen LogP contribution in [0.3, 0.4) is 0 Å². The summed E-state index contributed by atoms with van der Waals surface area (Å²) >= 11 is 1.33. The average molecular weight is 436 g/mol. The van der Waals surface area contributed by atoms with Crippen molar-refractivity contribution in [2.45, 2.75) is 11.4 Å². The number of hydrogen-bond donors (Lipinski definition) is 0. The van der Waals surface area contributed by atoms with Crippen LogP contribution in [0.1, 0.15) is 21.5 Å². The summed E-state index contributed by atoms with van der Waals surface area (Å²) in [5.74, 6) is -0.910. The van der Waals surface area contributed by atoms with E-state index in [-0.39, 0.29) is 18.4 Å². The maximum absolute atomic E-state index is 14.3. The molecule has 2 amide bonds. The van der Waals surface area contributed by atoms with Crippen LogP contribution in [0.2, 0.25) is 0 Å². The van der Waals surface area contributed by atoms with Crippen molar-refractivity contribution in [3.63, 3.8) is 0 Å². The van der Waals surface area contributed by atoms with Crippen molar-refractivity contribution in [2.24, 2.45) is 0 Å². The second kappa shape index (κ2) is 7.50. The lowest BCUT2D eigenvalue weighted by molar-refractivity contribution is -0.123. The lowest BCUT2D eigenvalue weighted by atomic mass is 10.0. The topological polar surface area (TPSA) is 40.6 Å². The molecule has 0 saturated carbocycles. The van der Waals surface area contributed by atoms with E-state index in [1.807, 2.05) is 6.07 Å². The van der Waals surface area contributed by atoms with E-state index in [0.29, 0.717) is 34.7 Å². The molecule has 3 aromatic rings. The van der Waals surface area contributed by atoms with Gasteiger partial charge in [0.2, 0.25) is 0 Å². The number of halogens is 2. The van der Waals surface area contributed by atoms with Crippen molar-refractivity contribution in [3.8, 4) is 0 Å². The van der Waals surface area contributed by atoms with Crippen molar-refractivity contribution in [2.75, 3.05) is 17.2 Å². The molecule has 0 bridgehead atoms. The van der Waals surface area contributed by atoms with Crippen LogP contribution < -0.4 is 4.90 Å². The lowest BCUT2D eigenvalue weighted by Crippen LogP contribution is -2.50. The molecule has 0 aliphatic carbocycles. The highest BCUT2D eigenvalue weighted by Gasteiger charge is 2.59. The Morgan fingerprint density at radius 3 is 2.52 bits per heavy atom. The van der Waals surface area contributed by atoms with Crippen molar-refractivity contribution in [3.05, 3.63) is 101 Å². The molecule has 5 rings (SSSR count). The van der Waals surface area contributed by atoms with Crippen LogP contribution >= 0.6 is 11.8 Å². The molecule has 4 nitrogen and oxygen atoms in total. The first-order chi connectivity index (χ1) is 15.0. The molecule has 2 heterocycles. The van der Waals surface area contributed by atoms with Crippen LogP contribution in [0.4, 0.5) is 14.5 Å². The van der Waals surface area contributed by atoms with Crippen LogP contribution in [0, 0.1) is 11.6 Å². The van der Waals surface area contributed by atoms with Crippen molar-refractivity contribution in [1.29, 1.82) is 0 Å². The zero-order valence-electron chi connectivity index (χ0n) is 16.4. The first-order valence-electron chi connectivity index (χ1n) is 9.88. The number of fused-ring (bicyclic) bond motifs is 2. The number of hydrogen-bond acceptors (Lipinski definition) is 3. The Morgan fingerprint density at radius 2 is 1.74 bits per heavy atom. The minimum atomic E-state index is -1.34. The number of anilines is 1. The van der Waals surface area contributed by atoms with E-state index in [1.165, 1.54) is 40.9 Å². The third kappa shape index (κ3) is 3.11. The zero-order valence-corrected chi connectivity index (χ0v) is 17.2. The third-order valence-corrected chi connectivity index (χ3v) is 7.07. The molecular weight excluding hydrogens is 418 g/mol. The predicted octanol–water partition coefficient (Wildman–Crippen LogP) is 4.55. The monoisotopic (exact) mass is 436 g/mol. The Hall–Kier alpha value is -3.19. The predicted molar refractivity (Wildman–Crippen MR) is 116 cm³/mol. The van der Waals surface area contributed by atoms with Crippen LogP contribution in [0.25, 0.3) is 0 Å². The number of amides is 2. The summed E-state index contributed by atoms with van der Waals surface area (Å²) < 4.78 is 28.0. The SMILES string of the molecule is O=C(c1ccccc1)N1CCS[C@@]12C(=O)N(Cc1cccc(F)c1)c1ccc(F)cc12. The van der Waals surface area contributed by atoms with Gasteiger partial charge in [-0.1, -0.05) is 30.3 Å². The van der Waals surface area contributed by atoms with Crippen LogP contribution in [-0.2, 0) is 16.2 Å². The molecule has 7 heteroatoms. The van der Waals surface area contributed by atoms with Gasteiger partial charge in [-0.05, 0) is 48.0 Å². The highest BCUT2D eigenvalue weighted by Crippen LogP contribution is 2.54. The highest BCUT2D eigenvalue weighted by atomic mass is 32.2. The van der Waals surface area contributed by atoms with Crippen molar-refractivity contribution < 1.29 is 18.4 Å². The highest BCUT2D eigenvalue weighted by molar-refractivity contribution is 8.01. The number of nitrogens with zero attached hydrogens (tertiary/aromatic N) is 2. The van der Waals surface area contributed by atoms with Crippen LogP contribution in [0.5, 0.6) is 0 Å². The smallest absolute Gasteiger partial charge is 0.268 e. The number of rotatable bonds is 3. The van der Waals surface area contributed by atoms with Crippen LogP contribution in [0.15, 0.2) is 72.8 Å². The summed E-state index contributed by atoms with van der Waals surface area (Å²) in [5.41, 5.74) is 2.08. The molecule has 1 spiro atoms. The number of carbonyl (C=O) groups excluding carboxylic acids is 2. The largest absolute Gasteiger partial charge is 0.311 e. The van der Waals surface area contributed by atoms with E-state index in [9.17, 15) is 18.4 Å².